The highest BCUT2D eigenvalue weighted by molar-refractivity contribution is 7.89. The lowest BCUT2D eigenvalue weighted by molar-refractivity contribution is 0.134. The number of rotatable bonds is 5. The van der Waals surface area contributed by atoms with E-state index in [1.807, 2.05) is 36.4 Å². The van der Waals surface area contributed by atoms with Gasteiger partial charge in [-0.2, -0.15) is 4.31 Å². The molecule has 0 bridgehead atoms. The Morgan fingerprint density at radius 2 is 1.63 bits per heavy atom. The van der Waals surface area contributed by atoms with Crippen LogP contribution in [0.25, 0.3) is 11.1 Å². The van der Waals surface area contributed by atoms with E-state index in [2.05, 4.69) is 0 Å². The highest BCUT2D eigenvalue weighted by Crippen LogP contribution is 2.27. The Balaban J connectivity index is 1.46. The quantitative estimate of drug-likeness (QED) is 0.621. The number of benzene rings is 2. The fraction of sp³-hybridized carbons (Fsp3) is 0.261. The van der Waals surface area contributed by atoms with Crippen LogP contribution in [0.3, 0.4) is 0 Å². The average molecular weight is 426 g/mol. The standard InChI is InChI=1S/C23H23NO5S/c1-17-14-21(16-23(25)28-17)29-20-10-12-24(13-11-20)30(26,27)22-9-5-8-19(15-22)18-6-3-2-4-7-18/h2-9,14-16,20H,10-13H2,1H3. The van der Waals surface area contributed by atoms with Gasteiger partial charge in [-0.05, 0) is 43.0 Å². The van der Waals surface area contributed by atoms with Gasteiger partial charge in [0.15, 0.2) is 0 Å². The van der Waals surface area contributed by atoms with Crippen molar-refractivity contribution in [2.75, 3.05) is 13.1 Å². The molecule has 0 atom stereocenters. The molecule has 7 heteroatoms. The second-order valence-electron chi connectivity index (χ2n) is 7.34. The van der Waals surface area contributed by atoms with Crippen molar-refractivity contribution >= 4 is 10.0 Å². The number of hydrogen-bond donors (Lipinski definition) is 0. The number of aryl methyl sites for hydroxylation is 1. The van der Waals surface area contributed by atoms with E-state index in [4.69, 9.17) is 9.15 Å². The molecule has 0 saturated carbocycles. The Bertz CT molecular complexity index is 1180. The second kappa shape index (κ2) is 8.45. The summed E-state index contributed by atoms with van der Waals surface area (Å²) in [6.07, 6.45) is 0.960. The Kier molecular flexibility index (Phi) is 5.74. The molecule has 3 aromatic rings. The zero-order valence-corrected chi connectivity index (χ0v) is 17.5. The van der Waals surface area contributed by atoms with Gasteiger partial charge in [-0.3, -0.25) is 0 Å². The first-order valence-corrected chi connectivity index (χ1v) is 11.3. The molecule has 2 heterocycles. The zero-order chi connectivity index (χ0) is 21.1. The van der Waals surface area contributed by atoms with Crippen LogP contribution < -0.4 is 10.4 Å². The van der Waals surface area contributed by atoms with Crippen molar-refractivity contribution in [1.29, 1.82) is 0 Å². The van der Waals surface area contributed by atoms with Crippen molar-refractivity contribution in [3.63, 3.8) is 0 Å². The summed E-state index contributed by atoms with van der Waals surface area (Å²) in [6.45, 7) is 2.42. The minimum absolute atomic E-state index is 0.145. The predicted octanol–water partition coefficient (Wildman–Crippen LogP) is 3.85. The van der Waals surface area contributed by atoms with Crippen molar-refractivity contribution in [2.24, 2.45) is 0 Å². The van der Waals surface area contributed by atoms with Crippen molar-refractivity contribution in [2.45, 2.75) is 30.8 Å². The molecule has 0 radical (unpaired) electrons. The molecule has 0 amide bonds. The van der Waals surface area contributed by atoms with E-state index in [0.717, 1.165) is 11.1 Å². The average Bonchev–Trinajstić information content (AvgIpc) is 2.74. The predicted molar refractivity (Wildman–Crippen MR) is 114 cm³/mol. The van der Waals surface area contributed by atoms with Crippen molar-refractivity contribution < 1.29 is 17.6 Å². The summed E-state index contributed by atoms with van der Waals surface area (Å²) in [5, 5.41) is 0. The molecule has 30 heavy (non-hydrogen) atoms. The van der Waals surface area contributed by atoms with Gasteiger partial charge in [-0.15, -0.1) is 0 Å². The maximum absolute atomic E-state index is 13.2. The van der Waals surface area contributed by atoms with Gasteiger partial charge >= 0.3 is 5.63 Å². The van der Waals surface area contributed by atoms with Crippen molar-refractivity contribution in [1.82, 2.24) is 4.31 Å². The van der Waals surface area contributed by atoms with Crippen LogP contribution in [-0.4, -0.2) is 31.9 Å². The van der Waals surface area contributed by atoms with E-state index < -0.39 is 15.6 Å². The maximum Gasteiger partial charge on any atom is 0.339 e. The lowest BCUT2D eigenvalue weighted by Gasteiger charge is -2.31. The van der Waals surface area contributed by atoms with Crippen LogP contribution in [0.2, 0.25) is 0 Å². The first-order valence-electron chi connectivity index (χ1n) is 9.86. The maximum atomic E-state index is 13.2. The van der Waals surface area contributed by atoms with Gasteiger partial charge in [-0.25, -0.2) is 13.2 Å². The molecule has 1 aliphatic rings. The summed E-state index contributed by atoms with van der Waals surface area (Å²) >= 11 is 0. The third-order valence-corrected chi connectivity index (χ3v) is 7.04. The topological polar surface area (TPSA) is 76.8 Å². The van der Waals surface area contributed by atoms with Gasteiger partial charge in [0.1, 0.15) is 17.6 Å². The summed E-state index contributed by atoms with van der Waals surface area (Å²) in [5.41, 5.74) is 1.39. The molecular formula is C23H23NO5S. The lowest BCUT2D eigenvalue weighted by atomic mass is 10.1. The molecule has 1 fully saturated rings. The smallest absolute Gasteiger partial charge is 0.339 e. The number of sulfonamides is 1. The van der Waals surface area contributed by atoms with Crippen molar-refractivity contribution in [3.05, 3.63) is 82.9 Å². The van der Waals surface area contributed by atoms with E-state index in [1.54, 1.807) is 31.2 Å². The molecule has 4 rings (SSSR count). The molecule has 0 unspecified atom stereocenters. The van der Waals surface area contributed by atoms with Crippen LogP contribution in [0.15, 0.2) is 80.8 Å². The fourth-order valence-corrected chi connectivity index (χ4v) is 5.16. The summed E-state index contributed by atoms with van der Waals surface area (Å²) < 4.78 is 38.6. The van der Waals surface area contributed by atoms with Gasteiger partial charge in [0.25, 0.3) is 0 Å². The zero-order valence-electron chi connectivity index (χ0n) is 16.7. The largest absolute Gasteiger partial charge is 0.490 e. The van der Waals surface area contributed by atoms with Crippen LogP contribution in [-0.2, 0) is 10.0 Å². The monoisotopic (exact) mass is 425 g/mol. The normalized spacial score (nSPS) is 15.8. The summed E-state index contributed by atoms with van der Waals surface area (Å²) in [7, 11) is -3.59. The van der Waals surface area contributed by atoms with Gasteiger partial charge in [0, 0.05) is 19.2 Å². The Labute approximate surface area is 175 Å². The Morgan fingerprint density at radius 1 is 0.933 bits per heavy atom. The third kappa shape index (κ3) is 4.47. The van der Waals surface area contributed by atoms with Crippen LogP contribution in [0.4, 0.5) is 0 Å². The molecule has 0 spiro atoms. The molecule has 0 N–H and O–H groups in total. The molecular weight excluding hydrogens is 402 g/mol. The molecule has 2 aromatic carbocycles. The molecule has 1 saturated heterocycles. The molecule has 6 nitrogen and oxygen atoms in total. The number of nitrogens with zero attached hydrogens (tertiary/aromatic N) is 1. The SMILES string of the molecule is Cc1cc(OC2CCN(S(=O)(=O)c3cccc(-c4ccccc4)c3)CC2)cc(=O)o1. The second-order valence-corrected chi connectivity index (χ2v) is 9.28. The number of ether oxygens (including phenoxy) is 1. The Hall–Kier alpha value is -2.90. The summed E-state index contributed by atoms with van der Waals surface area (Å²) in [6, 6.07) is 19.7. The van der Waals surface area contributed by atoms with E-state index in [1.165, 1.54) is 10.4 Å². The highest BCUT2D eigenvalue weighted by atomic mass is 32.2. The highest BCUT2D eigenvalue weighted by Gasteiger charge is 2.30. The first-order chi connectivity index (χ1) is 14.4. The van der Waals surface area contributed by atoms with Crippen molar-refractivity contribution in [3.8, 4) is 16.9 Å². The fourth-order valence-electron chi connectivity index (χ4n) is 3.64. The van der Waals surface area contributed by atoms with E-state index >= 15 is 0 Å². The van der Waals surface area contributed by atoms with Gasteiger partial charge in [0.2, 0.25) is 10.0 Å². The van der Waals surface area contributed by atoms with Crippen LogP contribution >= 0.6 is 0 Å². The van der Waals surface area contributed by atoms with Crippen LogP contribution in [0, 0.1) is 6.92 Å². The van der Waals surface area contributed by atoms with E-state index in [9.17, 15) is 13.2 Å². The first kappa shape index (κ1) is 20.4. The van der Waals surface area contributed by atoms with Gasteiger partial charge < -0.3 is 9.15 Å². The van der Waals surface area contributed by atoms with Gasteiger partial charge in [-0.1, -0.05) is 42.5 Å². The minimum atomic E-state index is -3.59. The van der Waals surface area contributed by atoms with E-state index in [0.29, 0.717) is 42.3 Å². The van der Waals surface area contributed by atoms with Crippen LogP contribution in [0.1, 0.15) is 18.6 Å². The van der Waals surface area contributed by atoms with Gasteiger partial charge in [0.05, 0.1) is 11.0 Å². The summed E-state index contributed by atoms with van der Waals surface area (Å²) in [4.78, 5) is 11.8. The molecule has 0 aliphatic carbocycles. The number of hydrogen-bond acceptors (Lipinski definition) is 5. The van der Waals surface area contributed by atoms with Crippen LogP contribution in [0.5, 0.6) is 5.75 Å². The minimum Gasteiger partial charge on any atom is -0.490 e. The third-order valence-electron chi connectivity index (χ3n) is 5.15. The molecule has 1 aromatic heterocycles. The Morgan fingerprint density at radius 3 is 2.33 bits per heavy atom. The number of piperidine rings is 1. The molecule has 1 aliphatic heterocycles. The molecule has 156 valence electrons. The van der Waals surface area contributed by atoms with E-state index in [-0.39, 0.29) is 6.10 Å². The lowest BCUT2D eigenvalue weighted by Crippen LogP contribution is -2.41. The summed E-state index contributed by atoms with van der Waals surface area (Å²) in [5.74, 6) is 0.941.